The predicted octanol–water partition coefficient (Wildman–Crippen LogP) is 0.596. The van der Waals surface area contributed by atoms with Crippen LogP contribution in [0.25, 0.3) is 0 Å². The number of halogens is 2. The van der Waals surface area contributed by atoms with Crippen molar-refractivity contribution < 1.29 is 22.3 Å². The quantitative estimate of drug-likeness (QED) is 0.708. The monoisotopic (exact) mass is 292 g/mol. The van der Waals surface area contributed by atoms with Gasteiger partial charge in [0.2, 0.25) is 10.0 Å². The standard InChI is InChI=1S/C11H14F2N2O3S/c12-8-3-9(13)11(4-10(8)14)19(17,18)15-5-6-1-7(16)2-6/h3-4,6-7,15-16H,1-2,5,14H2. The molecule has 5 nitrogen and oxygen atoms in total. The van der Waals surface area contributed by atoms with Crippen molar-refractivity contribution >= 4 is 15.7 Å². The molecular formula is C11H14F2N2O3S. The van der Waals surface area contributed by atoms with Crippen molar-refractivity contribution in [3.63, 3.8) is 0 Å². The van der Waals surface area contributed by atoms with Crippen LogP contribution in [-0.4, -0.2) is 26.2 Å². The predicted molar refractivity (Wildman–Crippen MR) is 64.7 cm³/mol. The second-order valence-corrected chi connectivity index (χ2v) is 6.38. The number of aliphatic hydroxyl groups is 1. The van der Waals surface area contributed by atoms with Gasteiger partial charge in [-0.2, -0.15) is 0 Å². The number of rotatable bonds is 4. The number of benzene rings is 1. The number of hydrogen-bond acceptors (Lipinski definition) is 4. The fourth-order valence-corrected chi connectivity index (χ4v) is 3.13. The van der Waals surface area contributed by atoms with E-state index < -0.39 is 38.3 Å². The maximum Gasteiger partial charge on any atom is 0.243 e. The molecule has 2 rings (SSSR count). The lowest BCUT2D eigenvalue weighted by Gasteiger charge is -2.31. The summed E-state index contributed by atoms with van der Waals surface area (Å²) in [5.41, 5.74) is 4.80. The first kappa shape index (κ1) is 14.2. The molecule has 106 valence electrons. The zero-order chi connectivity index (χ0) is 14.2. The van der Waals surface area contributed by atoms with Gasteiger partial charge in [0.25, 0.3) is 0 Å². The van der Waals surface area contributed by atoms with Gasteiger partial charge in [-0.05, 0) is 24.8 Å². The second kappa shape index (κ2) is 5.03. The molecule has 0 bridgehead atoms. The summed E-state index contributed by atoms with van der Waals surface area (Å²) in [6.07, 6.45) is 0.625. The van der Waals surface area contributed by atoms with Crippen LogP contribution in [0, 0.1) is 17.6 Å². The van der Waals surface area contributed by atoms with Crippen molar-refractivity contribution in [2.75, 3.05) is 12.3 Å². The van der Waals surface area contributed by atoms with Crippen LogP contribution in [0.4, 0.5) is 14.5 Å². The van der Waals surface area contributed by atoms with E-state index >= 15 is 0 Å². The van der Waals surface area contributed by atoms with Crippen LogP contribution >= 0.6 is 0 Å². The van der Waals surface area contributed by atoms with Gasteiger partial charge < -0.3 is 10.8 Å². The average molecular weight is 292 g/mol. The maximum atomic E-state index is 13.5. The SMILES string of the molecule is Nc1cc(S(=O)(=O)NCC2CC(O)C2)c(F)cc1F. The van der Waals surface area contributed by atoms with Gasteiger partial charge in [-0.3, -0.25) is 0 Å². The minimum absolute atomic E-state index is 0.0330. The van der Waals surface area contributed by atoms with Crippen LogP contribution in [0.3, 0.4) is 0 Å². The van der Waals surface area contributed by atoms with Crippen molar-refractivity contribution in [3.05, 3.63) is 23.8 Å². The number of nitrogens with one attached hydrogen (secondary N) is 1. The summed E-state index contributed by atoms with van der Waals surface area (Å²) in [5.74, 6) is -2.16. The first-order valence-electron chi connectivity index (χ1n) is 5.72. The Balaban J connectivity index is 2.13. The van der Waals surface area contributed by atoms with E-state index in [2.05, 4.69) is 4.72 Å². The van der Waals surface area contributed by atoms with Gasteiger partial charge in [0.15, 0.2) is 0 Å². The first-order valence-corrected chi connectivity index (χ1v) is 7.20. The Hall–Kier alpha value is -1.25. The van der Waals surface area contributed by atoms with Crippen molar-refractivity contribution in [1.82, 2.24) is 4.72 Å². The normalized spacial score (nSPS) is 23.1. The highest BCUT2D eigenvalue weighted by Gasteiger charge is 2.29. The number of sulfonamides is 1. The molecule has 0 aliphatic heterocycles. The van der Waals surface area contributed by atoms with Crippen LogP contribution in [0.1, 0.15) is 12.8 Å². The van der Waals surface area contributed by atoms with E-state index in [1.165, 1.54) is 0 Å². The summed E-state index contributed by atoms with van der Waals surface area (Å²) >= 11 is 0. The van der Waals surface area contributed by atoms with E-state index in [1.807, 2.05) is 0 Å². The van der Waals surface area contributed by atoms with Crippen molar-refractivity contribution in [2.24, 2.45) is 5.92 Å². The molecule has 1 saturated carbocycles. The molecule has 0 spiro atoms. The molecule has 1 aromatic rings. The molecule has 1 fully saturated rings. The van der Waals surface area contributed by atoms with Gasteiger partial charge in [0.05, 0.1) is 11.8 Å². The van der Waals surface area contributed by atoms with Gasteiger partial charge in [-0.1, -0.05) is 0 Å². The Morgan fingerprint density at radius 1 is 1.32 bits per heavy atom. The fourth-order valence-electron chi connectivity index (χ4n) is 1.92. The molecule has 0 saturated heterocycles. The Kier molecular flexibility index (Phi) is 3.75. The van der Waals surface area contributed by atoms with E-state index in [1.54, 1.807) is 0 Å². The molecule has 0 heterocycles. The summed E-state index contributed by atoms with van der Waals surface area (Å²) in [6.45, 7) is 0.107. The summed E-state index contributed by atoms with van der Waals surface area (Å²) in [6, 6.07) is 1.19. The van der Waals surface area contributed by atoms with E-state index in [0.717, 1.165) is 6.07 Å². The summed E-state index contributed by atoms with van der Waals surface area (Å²) < 4.78 is 52.3. The molecule has 1 aliphatic carbocycles. The Labute approximate surface area is 109 Å². The number of nitrogen functional groups attached to an aromatic ring is 1. The van der Waals surface area contributed by atoms with Crippen LogP contribution in [0.2, 0.25) is 0 Å². The number of anilines is 1. The molecule has 19 heavy (non-hydrogen) atoms. The highest BCUT2D eigenvalue weighted by atomic mass is 32.2. The van der Waals surface area contributed by atoms with E-state index in [9.17, 15) is 17.2 Å². The highest BCUT2D eigenvalue weighted by molar-refractivity contribution is 7.89. The van der Waals surface area contributed by atoms with Gasteiger partial charge in [0, 0.05) is 12.6 Å². The summed E-state index contributed by atoms with van der Waals surface area (Å²) in [7, 11) is -4.07. The molecule has 1 aliphatic rings. The van der Waals surface area contributed by atoms with Gasteiger partial charge in [-0.15, -0.1) is 0 Å². The summed E-state index contributed by atoms with van der Waals surface area (Å²) in [4.78, 5) is -0.675. The lowest BCUT2D eigenvalue weighted by Crippen LogP contribution is -2.38. The zero-order valence-corrected chi connectivity index (χ0v) is 10.8. The third-order valence-electron chi connectivity index (χ3n) is 3.11. The van der Waals surface area contributed by atoms with Crippen LogP contribution in [0.5, 0.6) is 0 Å². The second-order valence-electron chi connectivity index (χ2n) is 4.65. The van der Waals surface area contributed by atoms with Crippen LogP contribution < -0.4 is 10.5 Å². The van der Waals surface area contributed by atoms with Gasteiger partial charge in [0.1, 0.15) is 16.5 Å². The maximum absolute atomic E-state index is 13.5. The Morgan fingerprint density at radius 3 is 2.53 bits per heavy atom. The van der Waals surface area contributed by atoms with E-state index in [4.69, 9.17) is 10.8 Å². The molecule has 1 aromatic carbocycles. The van der Waals surface area contributed by atoms with Gasteiger partial charge >= 0.3 is 0 Å². The molecule has 0 atom stereocenters. The minimum Gasteiger partial charge on any atom is -0.396 e. The van der Waals surface area contributed by atoms with E-state index in [-0.39, 0.29) is 12.5 Å². The highest BCUT2D eigenvalue weighted by Crippen LogP contribution is 2.27. The largest absolute Gasteiger partial charge is 0.396 e. The molecule has 8 heteroatoms. The first-order chi connectivity index (χ1) is 8.79. The van der Waals surface area contributed by atoms with Crippen molar-refractivity contribution in [3.8, 4) is 0 Å². The lowest BCUT2D eigenvalue weighted by atomic mass is 9.83. The van der Waals surface area contributed by atoms with Crippen LogP contribution in [0.15, 0.2) is 17.0 Å². The van der Waals surface area contributed by atoms with Crippen molar-refractivity contribution in [2.45, 2.75) is 23.8 Å². The third-order valence-corrected chi connectivity index (χ3v) is 4.55. The molecule has 0 aromatic heterocycles. The summed E-state index contributed by atoms with van der Waals surface area (Å²) in [5, 5.41) is 9.08. The van der Waals surface area contributed by atoms with Gasteiger partial charge in [-0.25, -0.2) is 21.9 Å². The van der Waals surface area contributed by atoms with Crippen LogP contribution in [-0.2, 0) is 10.0 Å². The van der Waals surface area contributed by atoms with Crippen molar-refractivity contribution in [1.29, 1.82) is 0 Å². The molecular weight excluding hydrogens is 278 g/mol. The third kappa shape index (κ3) is 3.02. The minimum atomic E-state index is -4.07. The molecule has 0 amide bonds. The Bertz CT molecular complexity index is 586. The smallest absolute Gasteiger partial charge is 0.243 e. The zero-order valence-electron chi connectivity index (χ0n) is 9.94. The van der Waals surface area contributed by atoms with E-state index in [0.29, 0.717) is 18.9 Å². The topological polar surface area (TPSA) is 92.4 Å². The Morgan fingerprint density at radius 2 is 1.95 bits per heavy atom. The molecule has 0 radical (unpaired) electrons. The molecule has 0 unspecified atom stereocenters. The lowest BCUT2D eigenvalue weighted by molar-refractivity contribution is 0.0453. The average Bonchev–Trinajstić information content (AvgIpc) is 2.27. The number of nitrogens with two attached hydrogens (primary N) is 1. The fraction of sp³-hybridized carbons (Fsp3) is 0.455. The molecule has 4 N–H and O–H groups in total. The number of hydrogen-bond donors (Lipinski definition) is 3. The number of aliphatic hydroxyl groups excluding tert-OH is 1.